The summed E-state index contributed by atoms with van der Waals surface area (Å²) in [5.74, 6) is -1.19. The molecule has 2 fully saturated rings. The molecular formula is C80H118N12O17Si2. The van der Waals surface area contributed by atoms with Gasteiger partial charge < -0.3 is 68.8 Å². The molecule has 29 nitrogen and oxygen atoms in total. The third kappa shape index (κ3) is 25.5. The standard InChI is InChI=1S/C80H118N12O17Si2/c1-51(2)71(86-68(93)28-22-20-23-36-89-69(94)33-34-70(89)95)62-47-92(88-87-62)63(27-26-35-82-75(81)99)72(96)83-55-31-29-54(30-32-55)48-106-76(100)84-60-43-66(64(102-14)41-58(60)73(97)90-45-52(3)39-56(90)49-107-110(16,17)79(8,9)10)104-37-24-21-25-38-105-67-44-61(85-77(101)109-78(5,6)7)59(42-65(67)103-15)74(98)91-46-53(4)40-57(91)50-108-111(18,19)80(11,12)13/h29-34,41-44,47,51,56-57,63,71H,3-4,20-28,35-40,45-46,48-50H2,1-2,5-19H3,(H,83,96)(H,84,100)(H,85,101)(H,86,93)(H3,81,82,99)/t56-,57-,63+,71+/m1/s1. The lowest BCUT2D eigenvalue weighted by atomic mass is 10.0. The Balaban J connectivity index is 1.02. The fraction of sp³-hybridized carbons (Fsp3) is 0.562. The van der Waals surface area contributed by atoms with Gasteiger partial charge in [-0.15, -0.1) is 5.10 Å². The molecule has 7 rings (SSSR count). The summed E-state index contributed by atoms with van der Waals surface area (Å²) >= 11 is 0. The largest absolute Gasteiger partial charge is 0.493 e. The Bertz CT molecular complexity index is 4010. The van der Waals surface area contributed by atoms with Gasteiger partial charge >= 0.3 is 18.2 Å². The molecule has 111 heavy (non-hydrogen) atoms. The number of methoxy groups -OCH3 is 2. The van der Waals surface area contributed by atoms with Gasteiger partial charge in [-0.05, 0) is 151 Å². The molecule has 0 radical (unpaired) electrons. The van der Waals surface area contributed by atoms with Gasteiger partial charge in [0.25, 0.3) is 23.6 Å². The number of amides is 10. The molecule has 10 amide bonds. The summed E-state index contributed by atoms with van der Waals surface area (Å²) in [5.41, 5.74) is 8.19. The van der Waals surface area contributed by atoms with Crippen molar-refractivity contribution in [2.45, 2.75) is 219 Å². The van der Waals surface area contributed by atoms with Crippen molar-refractivity contribution < 1.29 is 80.4 Å². The minimum atomic E-state index is -2.25. The maximum Gasteiger partial charge on any atom is 0.412 e. The van der Waals surface area contributed by atoms with Gasteiger partial charge in [0.2, 0.25) is 11.8 Å². The van der Waals surface area contributed by atoms with Crippen molar-refractivity contribution in [3.8, 4) is 23.0 Å². The molecule has 2 saturated heterocycles. The molecule has 0 unspecified atom stereocenters. The summed E-state index contributed by atoms with van der Waals surface area (Å²) in [5, 5.41) is 22.7. The van der Waals surface area contributed by atoms with E-state index >= 15 is 0 Å². The van der Waals surface area contributed by atoms with Gasteiger partial charge in [-0.3, -0.25) is 44.3 Å². The van der Waals surface area contributed by atoms with Crippen molar-refractivity contribution >= 4 is 87.4 Å². The smallest absolute Gasteiger partial charge is 0.412 e. The average Bonchev–Trinajstić information content (AvgIpc) is 1.76. The number of nitrogens with two attached hydrogens (primary N) is 1. The van der Waals surface area contributed by atoms with Crippen molar-refractivity contribution in [1.29, 1.82) is 0 Å². The second-order valence-corrected chi connectivity index (χ2v) is 42.5. The number of likely N-dealkylation sites (tertiary alicyclic amines) is 2. The highest BCUT2D eigenvalue weighted by Gasteiger charge is 2.43. The quantitative estimate of drug-likeness (QED) is 0.0105. The van der Waals surface area contributed by atoms with E-state index < -0.39 is 64.4 Å². The molecule has 0 saturated carbocycles. The molecule has 608 valence electrons. The summed E-state index contributed by atoms with van der Waals surface area (Å²) in [6.45, 7) is 41.0. The third-order valence-corrected chi connectivity index (χ3v) is 29.6. The molecule has 1 aromatic heterocycles. The fourth-order valence-corrected chi connectivity index (χ4v) is 14.2. The van der Waals surface area contributed by atoms with Gasteiger partial charge in [0.05, 0.1) is 87.5 Å². The lowest BCUT2D eigenvalue weighted by molar-refractivity contribution is -0.137. The van der Waals surface area contributed by atoms with E-state index in [2.05, 4.69) is 118 Å². The van der Waals surface area contributed by atoms with E-state index in [1.165, 1.54) is 48.1 Å². The van der Waals surface area contributed by atoms with E-state index in [0.29, 0.717) is 87.9 Å². The zero-order valence-corrected chi connectivity index (χ0v) is 70.0. The second-order valence-electron chi connectivity index (χ2n) is 32.9. The number of nitrogens with zero attached hydrogens (tertiary/aromatic N) is 6. The number of unbranched alkanes of at least 4 members (excludes halogenated alkanes) is 4. The van der Waals surface area contributed by atoms with E-state index in [-0.39, 0.29) is 156 Å². The zero-order valence-electron chi connectivity index (χ0n) is 68.0. The molecule has 4 atom stereocenters. The lowest BCUT2D eigenvalue weighted by Crippen LogP contribution is -2.46. The number of hydrogen-bond acceptors (Lipinski definition) is 19. The maximum atomic E-state index is 15.0. The first-order chi connectivity index (χ1) is 52.1. The summed E-state index contributed by atoms with van der Waals surface area (Å²) < 4.78 is 50.5. The number of rotatable bonds is 38. The Labute approximate surface area is 655 Å². The molecule has 0 spiro atoms. The number of benzene rings is 3. The Morgan fingerprint density at radius 3 is 1.63 bits per heavy atom. The SMILES string of the molecule is C=C1C[C@H](CO[Si](C)(C)C(C)(C)C)N(C(=O)c2cc(OC)c(OCCCCCOc3cc(NC(=O)OC(C)(C)C)c(C(=O)N4CC(=C)C[C@@H]4CO[Si](C)(C)C(C)(C)C)cc3OC)cc2NC(=O)OCc2ccc(NC(=O)[C@H](CCCNC(N)=O)n3cc([C@@H](NC(=O)CCCCCN4C(=O)C=CC4=O)C(C)C)nn3)cc2)C1. The van der Waals surface area contributed by atoms with Crippen LogP contribution in [0, 0.1) is 5.92 Å². The molecule has 4 heterocycles. The number of ether oxygens (including phenoxy) is 6. The van der Waals surface area contributed by atoms with Gasteiger partial charge in [0.15, 0.2) is 39.6 Å². The summed E-state index contributed by atoms with van der Waals surface area (Å²) in [6.07, 6.45) is 7.69. The van der Waals surface area contributed by atoms with Gasteiger partial charge in [-0.2, -0.15) is 0 Å². The fourth-order valence-electron chi connectivity index (χ4n) is 12.2. The van der Waals surface area contributed by atoms with Gasteiger partial charge in [0.1, 0.15) is 23.9 Å². The van der Waals surface area contributed by atoms with Crippen LogP contribution in [-0.4, -0.2) is 184 Å². The van der Waals surface area contributed by atoms with Crippen molar-refractivity contribution in [3.05, 3.63) is 114 Å². The molecule has 31 heteroatoms. The van der Waals surface area contributed by atoms with Crippen LogP contribution in [0.1, 0.15) is 191 Å². The molecule has 3 aliphatic rings. The summed E-state index contributed by atoms with van der Waals surface area (Å²) in [6, 6.07) is 10.0. The Kier molecular flexibility index (Phi) is 31.2. The van der Waals surface area contributed by atoms with E-state index in [1.807, 2.05) is 13.8 Å². The Hall–Kier alpha value is -9.60. The highest BCUT2D eigenvalue weighted by molar-refractivity contribution is 6.74. The topological polar surface area (TPSA) is 354 Å². The van der Waals surface area contributed by atoms with Crippen LogP contribution < -0.4 is 51.3 Å². The van der Waals surface area contributed by atoms with Crippen LogP contribution in [0.2, 0.25) is 36.3 Å². The van der Waals surface area contributed by atoms with Crippen molar-refractivity contribution in [2.75, 3.05) is 82.8 Å². The predicted octanol–water partition coefficient (Wildman–Crippen LogP) is 13.5. The van der Waals surface area contributed by atoms with Crippen LogP contribution in [0.5, 0.6) is 23.0 Å². The van der Waals surface area contributed by atoms with E-state index in [4.69, 9.17) is 43.0 Å². The highest BCUT2D eigenvalue weighted by atomic mass is 28.4. The number of urea groups is 1. The van der Waals surface area contributed by atoms with E-state index in [1.54, 1.807) is 73.2 Å². The molecular weight excluding hydrogens is 1460 g/mol. The monoisotopic (exact) mass is 1570 g/mol. The summed E-state index contributed by atoms with van der Waals surface area (Å²) in [4.78, 5) is 125. The minimum Gasteiger partial charge on any atom is -0.493 e. The number of carbonyl (C=O) groups excluding carboxylic acids is 9. The first kappa shape index (κ1) is 88.6. The molecule has 4 aromatic rings. The number of imide groups is 1. The normalized spacial score (nSPS) is 16.0. The molecule has 3 aromatic carbocycles. The average molecular weight is 1580 g/mol. The Morgan fingerprint density at radius 2 is 1.15 bits per heavy atom. The van der Waals surface area contributed by atoms with E-state index in [9.17, 15) is 43.2 Å². The molecule has 3 aliphatic heterocycles. The van der Waals surface area contributed by atoms with Crippen LogP contribution in [0.4, 0.5) is 31.4 Å². The van der Waals surface area contributed by atoms with Crippen molar-refractivity contribution in [2.24, 2.45) is 11.7 Å². The highest BCUT2D eigenvalue weighted by Crippen LogP contribution is 2.42. The first-order valence-electron chi connectivity index (χ1n) is 38.1. The summed E-state index contributed by atoms with van der Waals surface area (Å²) in [7, 11) is -1.48. The molecule has 0 bridgehead atoms. The first-order valence-corrected chi connectivity index (χ1v) is 43.9. The van der Waals surface area contributed by atoms with Crippen molar-refractivity contribution in [1.82, 2.24) is 40.3 Å². The number of nitrogens with one attached hydrogen (secondary N) is 5. The second kappa shape index (κ2) is 39.0. The van der Waals surface area contributed by atoms with Crippen LogP contribution in [0.3, 0.4) is 0 Å². The van der Waals surface area contributed by atoms with Crippen molar-refractivity contribution in [3.63, 3.8) is 0 Å². The van der Waals surface area contributed by atoms with Gasteiger partial charge in [-0.25, -0.2) is 19.1 Å². The lowest BCUT2D eigenvalue weighted by Gasteiger charge is -2.38. The zero-order chi connectivity index (χ0) is 81.9. The van der Waals surface area contributed by atoms with E-state index in [0.717, 1.165) is 11.1 Å². The minimum absolute atomic E-state index is 0.0412. The number of hydrogen-bond donors (Lipinski definition) is 6. The van der Waals surface area contributed by atoms with Crippen LogP contribution >= 0.6 is 0 Å². The van der Waals surface area contributed by atoms with Crippen LogP contribution in [0.15, 0.2) is 91.2 Å². The number of primary amides is 1. The molecule has 0 aliphatic carbocycles. The number of anilines is 3. The molecule has 7 N–H and O–H groups in total. The van der Waals surface area contributed by atoms with Crippen LogP contribution in [-0.2, 0) is 44.1 Å². The number of carbonyl (C=O) groups is 9. The predicted molar refractivity (Wildman–Crippen MR) is 429 cm³/mol. The number of aromatic nitrogens is 3. The maximum absolute atomic E-state index is 15.0. The Morgan fingerprint density at radius 1 is 0.649 bits per heavy atom. The third-order valence-electron chi connectivity index (χ3n) is 20.6. The van der Waals surface area contributed by atoms with Gasteiger partial charge in [-0.1, -0.05) is 103 Å². The van der Waals surface area contributed by atoms with Gasteiger partial charge in [0, 0.05) is 62.6 Å². The van der Waals surface area contributed by atoms with Crippen LogP contribution in [0.25, 0.3) is 0 Å².